The molecule has 0 aliphatic carbocycles. The van der Waals surface area contributed by atoms with Crippen molar-refractivity contribution in [3.63, 3.8) is 0 Å². The van der Waals surface area contributed by atoms with Crippen LogP contribution in [0.1, 0.15) is 33.3 Å². The molecule has 0 amide bonds. The summed E-state index contributed by atoms with van der Waals surface area (Å²) in [5, 5.41) is 14.3. The Morgan fingerprint density at radius 1 is 1.21 bits per heavy atom. The summed E-state index contributed by atoms with van der Waals surface area (Å²) in [6.45, 7) is 11.5. The Morgan fingerprint density at radius 3 is 2.26 bits per heavy atom. The number of nitrogens with one attached hydrogen (secondary N) is 1. The number of aryl methyl sites for hydroxylation is 1. The van der Waals surface area contributed by atoms with Crippen molar-refractivity contribution in [2.45, 2.75) is 34.6 Å². The summed E-state index contributed by atoms with van der Waals surface area (Å²) in [6, 6.07) is 5.18. The minimum absolute atomic E-state index is 0.150. The van der Waals surface area contributed by atoms with Crippen LogP contribution in [0.4, 0.5) is 11.4 Å². The number of rotatable bonds is 6. The summed E-state index contributed by atoms with van der Waals surface area (Å²) in [4.78, 5) is 10.7. The third-order valence-electron chi connectivity index (χ3n) is 3.59. The van der Waals surface area contributed by atoms with E-state index in [4.69, 9.17) is 0 Å². The summed E-state index contributed by atoms with van der Waals surface area (Å²) in [7, 11) is 0. The Bertz CT molecular complexity index is 434. The normalized spacial score (nSPS) is 11.4. The quantitative estimate of drug-likeness (QED) is 0.617. The van der Waals surface area contributed by atoms with Gasteiger partial charge < -0.3 is 5.32 Å². The molecule has 0 fully saturated rings. The maximum Gasteiger partial charge on any atom is 0.292 e. The van der Waals surface area contributed by atoms with Gasteiger partial charge in [-0.25, -0.2) is 0 Å². The molecule has 19 heavy (non-hydrogen) atoms. The molecule has 4 nitrogen and oxygen atoms in total. The monoisotopic (exact) mass is 264 g/mol. The van der Waals surface area contributed by atoms with Crippen LogP contribution >= 0.6 is 0 Å². The lowest BCUT2D eigenvalue weighted by Gasteiger charge is -2.25. The zero-order valence-electron chi connectivity index (χ0n) is 12.4. The van der Waals surface area contributed by atoms with Crippen molar-refractivity contribution in [2.24, 2.45) is 17.8 Å². The van der Waals surface area contributed by atoms with E-state index in [1.807, 2.05) is 13.0 Å². The molecule has 1 N–H and O–H groups in total. The van der Waals surface area contributed by atoms with Gasteiger partial charge in [-0.15, -0.1) is 0 Å². The first-order chi connectivity index (χ1) is 8.82. The van der Waals surface area contributed by atoms with Crippen molar-refractivity contribution in [2.75, 3.05) is 11.9 Å². The summed E-state index contributed by atoms with van der Waals surface area (Å²) in [5.74, 6) is 1.60. The minimum Gasteiger partial charge on any atom is -0.379 e. The molecule has 0 saturated carbocycles. The van der Waals surface area contributed by atoms with Gasteiger partial charge >= 0.3 is 0 Å². The molecule has 0 bridgehead atoms. The highest BCUT2D eigenvalue weighted by atomic mass is 16.6. The molecular formula is C15H24N2O2. The van der Waals surface area contributed by atoms with Gasteiger partial charge in [-0.3, -0.25) is 10.1 Å². The Balaban J connectivity index is 2.87. The second-order valence-electron chi connectivity index (χ2n) is 5.81. The van der Waals surface area contributed by atoms with E-state index in [9.17, 15) is 10.1 Å². The fourth-order valence-corrected chi connectivity index (χ4v) is 2.42. The standard InChI is InChI=1S/C15H24N2O2/c1-10(2)13(11(3)4)9-16-14-8-12(5)6-7-15(14)17(18)19/h6-8,10-11,13,16H,9H2,1-5H3. The van der Waals surface area contributed by atoms with Crippen molar-refractivity contribution in [1.82, 2.24) is 0 Å². The molecule has 0 aliphatic heterocycles. The summed E-state index contributed by atoms with van der Waals surface area (Å²) < 4.78 is 0. The third-order valence-corrected chi connectivity index (χ3v) is 3.59. The van der Waals surface area contributed by atoms with Crippen LogP contribution in [-0.2, 0) is 0 Å². The molecule has 0 heterocycles. The Labute approximate surface area is 115 Å². The van der Waals surface area contributed by atoms with E-state index in [1.54, 1.807) is 12.1 Å². The lowest BCUT2D eigenvalue weighted by atomic mass is 9.85. The zero-order valence-corrected chi connectivity index (χ0v) is 12.4. The summed E-state index contributed by atoms with van der Waals surface area (Å²) in [5.41, 5.74) is 1.80. The van der Waals surface area contributed by atoms with Gasteiger partial charge in [0.1, 0.15) is 5.69 Å². The number of nitro benzene ring substituents is 1. The van der Waals surface area contributed by atoms with Crippen LogP contribution in [0, 0.1) is 34.8 Å². The highest BCUT2D eigenvalue weighted by Gasteiger charge is 2.19. The Kier molecular flexibility index (Phi) is 5.33. The molecule has 1 aromatic rings. The van der Waals surface area contributed by atoms with Crippen LogP contribution in [0.5, 0.6) is 0 Å². The molecule has 4 heteroatoms. The number of hydrogen-bond acceptors (Lipinski definition) is 3. The Hall–Kier alpha value is -1.58. The maximum absolute atomic E-state index is 11.0. The van der Waals surface area contributed by atoms with E-state index in [1.165, 1.54) is 0 Å². The first-order valence-electron chi connectivity index (χ1n) is 6.81. The molecular weight excluding hydrogens is 240 g/mol. The molecule has 0 saturated heterocycles. The average Bonchev–Trinajstić information content (AvgIpc) is 2.27. The van der Waals surface area contributed by atoms with E-state index in [0.29, 0.717) is 23.4 Å². The zero-order chi connectivity index (χ0) is 14.6. The van der Waals surface area contributed by atoms with Gasteiger partial charge in [0.15, 0.2) is 0 Å². The number of nitro groups is 1. The number of anilines is 1. The van der Waals surface area contributed by atoms with Crippen LogP contribution in [0.2, 0.25) is 0 Å². The number of nitrogens with zero attached hydrogens (tertiary/aromatic N) is 1. The Morgan fingerprint density at radius 2 is 1.79 bits per heavy atom. The predicted molar refractivity (Wildman–Crippen MR) is 79.5 cm³/mol. The lowest BCUT2D eigenvalue weighted by molar-refractivity contribution is -0.384. The maximum atomic E-state index is 11.0. The second-order valence-corrected chi connectivity index (χ2v) is 5.81. The molecule has 1 rings (SSSR count). The minimum atomic E-state index is -0.332. The van der Waals surface area contributed by atoms with E-state index in [2.05, 4.69) is 33.0 Å². The number of benzene rings is 1. The van der Waals surface area contributed by atoms with Gasteiger partial charge in [-0.1, -0.05) is 33.8 Å². The SMILES string of the molecule is Cc1ccc([N+](=O)[O-])c(NCC(C(C)C)C(C)C)c1. The van der Waals surface area contributed by atoms with Crippen LogP contribution in [0.3, 0.4) is 0 Å². The summed E-state index contributed by atoms with van der Waals surface area (Å²) in [6.07, 6.45) is 0. The van der Waals surface area contributed by atoms with Crippen molar-refractivity contribution in [3.05, 3.63) is 33.9 Å². The van der Waals surface area contributed by atoms with Crippen LogP contribution < -0.4 is 5.32 Å². The van der Waals surface area contributed by atoms with Crippen LogP contribution in [0.25, 0.3) is 0 Å². The van der Waals surface area contributed by atoms with Crippen LogP contribution in [0.15, 0.2) is 18.2 Å². The largest absolute Gasteiger partial charge is 0.379 e. The van der Waals surface area contributed by atoms with Gasteiger partial charge in [0.25, 0.3) is 5.69 Å². The topological polar surface area (TPSA) is 55.2 Å². The molecule has 0 spiro atoms. The van der Waals surface area contributed by atoms with Crippen molar-refractivity contribution in [1.29, 1.82) is 0 Å². The highest BCUT2D eigenvalue weighted by molar-refractivity contribution is 5.62. The first-order valence-corrected chi connectivity index (χ1v) is 6.81. The third kappa shape index (κ3) is 4.23. The number of hydrogen-bond donors (Lipinski definition) is 1. The molecule has 0 radical (unpaired) electrons. The van der Waals surface area contributed by atoms with Crippen LogP contribution in [-0.4, -0.2) is 11.5 Å². The van der Waals surface area contributed by atoms with Crippen molar-refractivity contribution < 1.29 is 4.92 Å². The van der Waals surface area contributed by atoms with E-state index in [-0.39, 0.29) is 10.6 Å². The second kappa shape index (κ2) is 6.55. The average molecular weight is 264 g/mol. The van der Waals surface area contributed by atoms with Gasteiger partial charge in [-0.2, -0.15) is 0 Å². The van der Waals surface area contributed by atoms with E-state index in [0.717, 1.165) is 12.1 Å². The fourth-order valence-electron chi connectivity index (χ4n) is 2.42. The van der Waals surface area contributed by atoms with E-state index >= 15 is 0 Å². The molecule has 106 valence electrons. The smallest absolute Gasteiger partial charge is 0.292 e. The molecule has 0 aliphatic rings. The predicted octanol–water partition coefficient (Wildman–Crippen LogP) is 4.24. The van der Waals surface area contributed by atoms with Gasteiger partial charge in [0, 0.05) is 12.6 Å². The van der Waals surface area contributed by atoms with Gasteiger partial charge in [0.05, 0.1) is 4.92 Å². The van der Waals surface area contributed by atoms with Gasteiger partial charge in [-0.05, 0) is 36.3 Å². The summed E-state index contributed by atoms with van der Waals surface area (Å²) >= 11 is 0. The molecule has 0 aromatic heterocycles. The molecule has 0 atom stereocenters. The highest BCUT2D eigenvalue weighted by Crippen LogP contribution is 2.27. The first kappa shape index (κ1) is 15.5. The van der Waals surface area contributed by atoms with Crippen molar-refractivity contribution in [3.8, 4) is 0 Å². The molecule has 1 aromatic carbocycles. The van der Waals surface area contributed by atoms with Crippen molar-refractivity contribution >= 4 is 11.4 Å². The lowest BCUT2D eigenvalue weighted by Crippen LogP contribution is -2.24. The van der Waals surface area contributed by atoms with Gasteiger partial charge in [0.2, 0.25) is 0 Å². The fraction of sp³-hybridized carbons (Fsp3) is 0.600. The molecule has 0 unspecified atom stereocenters. The van der Waals surface area contributed by atoms with E-state index < -0.39 is 0 Å².